The molecule has 28 heavy (non-hydrogen) atoms. The van der Waals surface area contributed by atoms with Crippen LogP contribution in [0.1, 0.15) is 51.9 Å². The third kappa shape index (κ3) is 4.02. The van der Waals surface area contributed by atoms with E-state index in [9.17, 15) is 4.79 Å². The molecule has 146 valence electrons. The molecule has 1 aromatic carbocycles. The molecule has 6 nitrogen and oxygen atoms in total. The molecule has 1 aliphatic heterocycles. The van der Waals surface area contributed by atoms with Crippen molar-refractivity contribution in [1.29, 1.82) is 0 Å². The van der Waals surface area contributed by atoms with Gasteiger partial charge in [0.25, 0.3) is 5.91 Å². The molecule has 6 heteroatoms. The number of aromatic amines is 1. The molecule has 0 spiro atoms. The number of aromatic nitrogens is 2. The maximum atomic E-state index is 12.9. The fourth-order valence-electron chi connectivity index (χ4n) is 3.90. The van der Waals surface area contributed by atoms with E-state index in [4.69, 9.17) is 9.15 Å². The van der Waals surface area contributed by atoms with Crippen LogP contribution in [0.15, 0.2) is 53.1 Å². The number of hydrogen-bond donors (Lipinski definition) is 1. The van der Waals surface area contributed by atoms with Crippen molar-refractivity contribution in [2.75, 3.05) is 20.2 Å². The van der Waals surface area contributed by atoms with Crippen molar-refractivity contribution >= 4 is 5.91 Å². The fourth-order valence-corrected chi connectivity index (χ4v) is 3.90. The summed E-state index contributed by atoms with van der Waals surface area (Å²) in [5.74, 6) is 1.24. The normalized spacial score (nSPS) is 17.0. The fraction of sp³-hybridized carbons (Fsp3) is 0.364. The van der Waals surface area contributed by atoms with E-state index in [-0.39, 0.29) is 11.8 Å². The lowest BCUT2D eigenvalue weighted by atomic mass is 9.90. The van der Waals surface area contributed by atoms with Crippen molar-refractivity contribution in [3.05, 3.63) is 77.0 Å². The molecule has 1 N–H and O–H groups in total. The molecule has 0 bridgehead atoms. The van der Waals surface area contributed by atoms with E-state index in [1.165, 1.54) is 11.1 Å². The maximum Gasteiger partial charge on any atom is 0.289 e. The lowest BCUT2D eigenvalue weighted by Crippen LogP contribution is -2.39. The average Bonchev–Trinajstić information content (AvgIpc) is 3.38. The standard InChI is InChI=1S/C22H25N3O3/c1-27-15-19-9-10-20(28-19)22(26)25-11-5-8-17(14-25)21-18(13-23-24-21)12-16-6-3-2-4-7-16/h2-4,6-7,9-10,13,17H,5,8,11-12,14-15H2,1H3,(H,23,24). The van der Waals surface area contributed by atoms with Gasteiger partial charge in [-0.05, 0) is 36.1 Å². The van der Waals surface area contributed by atoms with Gasteiger partial charge in [0, 0.05) is 38.2 Å². The molecule has 4 rings (SSSR count). The van der Waals surface area contributed by atoms with E-state index in [1.807, 2.05) is 17.2 Å². The maximum absolute atomic E-state index is 12.9. The minimum Gasteiger partial charge on any atom is -0.453 e. The number of likely N-dealkylation sites (tertiary alicyclic amines) is 1. The molecule has 1 fully saturated rings. The van der Waals surface area contributed by atoms with Crippen LogP contribution < -0.4 is 0 Å². The first-order valence-electron chi connectivity index (χ1n) is 9.67. The number of hydrogen-bond acceptors (Lipinski definition) is 4. The molecule has 1 aliphatic rings. The zero-order chi connectivity index (χ0) is 19.3. The highest BCUT2D eigenvalue weighted by molar-refractivity contribution is 5.91. The highest BCUT2D eigenvalue weighted by atomic mass is 16.5. The van der Waals surface area contributed by atoms with Crippen molar-refractivity contribution in [2.45, 2.75) is 31.8 Å². The summed E-state index contributed by atoms with van der Waals surface area (Å²) in [4.78, 5) is 14.8. The Balaban J connectivity index is 1.47. The number of nitrogens with zero attached hydrogens (tertiary/aromatic N) is 2. The van der Waals surface area contributed by atoms with Crippen LogP contribution in [0.25, 0.3) is 0 Å². The number of rotatable bonds is 6. The van der Waals surface area contributed by atoms with E-state index in [2.05, 4.69) is 34.5 Å². The zero-order valence-electron chi connectivity index (χ0n) is 16.1. The first-order chi connectivity index (χ1) is 13.7. The highest BCUT2D eigenvalue weighted by Gasteiger charge is 2.29. The van der Waals surface area contributed by atoms with Gasteiger partial charge in [-0.3, -0.25) is 9.89 Å². The molecule has 1 saturated heterocycles. The van der Waals surface area contributed by atoms with Gasteiger partial charge >= 0.3 is 0 Å². The molecule has 1 amide bonds. The Hall–Kier alpha value is -2.86. The first kappa shape index (κ1) is 18.5. The molecule has 0 saturated carbocycles. The van der Waals surface area contributed by atoms with Crippen molar-refractivity contribution in [3.8, 4) is 0 Å². The number of carbonyl (C=O) groups excluding carboxylic acids is 1. The van der Waals surface area contributed by atoms with Crippen molar-refractivity contribution < 1.29 is 13.9 Å². The predicted octanol–water partition coefficient (Wildman–Crippen LogP) is 3.76. The minimum atomic E-state index is -0.0591. The molecule has 3 heterocycles. The Morgan fingerprint density at radius 3 is 2.96 bits per heavy atom. The third-order valence-electron chi connectivity index (χ3n) is 5.26. The van der Waals surface area contributed by atoms with Crippen molar-refractivity contribution in [2.24, 2.45) is 0 Å². The van der Waals surface area contributed by atoms with Gasteiger partial charge < -0.3 is 14.1 Å². The molecule has 1 unspecified atom stereocenters. The van der Waals surface area contributed by atoms with Gasteiger partial charge in [0.05, 0.1) is 6.20 Å². The number of amides is 1. The summed E-state index contributed by atoms with van der Waals surface area (Å²) in [6.45, 7) is 1.79. The van der Waals surface area contributed by atoms with Gasteiger partial charge in [0.2, 0.25) is 0 Å². The molecular formula is C22H25N3O3. The summed E-state index contributed by atoms with van der Waals surface area (Å²) in [5, 5.41) is 7.47. The van der Waals surface area contributed by atoms with E-state index in [1.54, 1.807) is 19.2 Å². The number of carbonyl (C=O) groups is 1. The minimum absolute atomic E-state index is 0.0591. The summed E-state index contributed by atoms with van der Waals surface area (Å²) in [7, 11) is 1.61. The second-order valence-corrected chi connectivity index (χ2v) is 7.26. The SMILES string of the molecule is COCc1ccc(C(=O)N2CCCC(c3[nH]ncc3Cc3ccccc3)C2)o1. The van der Waals surface area contributed by atoms with Crippen molar-refractivity contribution in [1.82, 2.24) is 15.1 Å². The summed E-state index contributed by atoms with van der Waals surface area (Å²) in [6.07, 6.45) is 4.76. The van der Waals surface area contributed by atoms with Gasteiger partial charge in [-0.25, -0.2) is 0 Å². The zero-order valence-corrected chi connectivity index (χ0v) is 16.1. The van der Waals surface area contributed by atoms with Crippen LogP contribution in [0, 0.1) is 0 Å². The number of furan rings is 1. The molecule has 0 radical (unpaired) electrons. The van der Waals surface area contributed by atoms with E-state index < -0.39 is 0 Å². The summed E-state index contributed by atoms with van der Waals surface area (Å²) in [6, 6.07) is 13.9. The second kappa shape index (κ2) is 8.44. The van der Waals surface area contributed by atoms with E-state index in [0.717, 1.165) is 31.5 Å². The third-order valence-corrected chi connectivity index (χ3v) is 5.26. The van der Waals surface area contributed by atoms with E-state index >= 15 is 0 Å². The molecule has 1 atom stereocenters. The topological polar surface area (TPSA) is 71.4 Å². The van der Waals surface area contributed by atoms with Gasteiger partial charge in [0.1, 0.15) is 12.4 Å². The Bertz CT molecular complexity index is 916. The Labute approximate surface area is 164 Å². The van der Waals surface area contributed by atoms with Crippen LogP contribution in [0.3, 0.4) is 0 Å². The van der Waals surface area contributed by atoms with Crippen LogP contribution in [0.5, 0.6) is 0 Å². The monoisotopic (exact) mass is 379 g/mol. The summed E-state index contributed by atoms with van der Waals surface area (Å²) in [5.41, 5.74) is 3.60. The molecule has 0 aliphatic carbocycles. The predicted molar refractivity (Wildman–Crippen MR) is 105 cm³/mol. The molecular weight excluding hydrogens is 354 g/mol. The van der Waals surface area contributed by atoms with Crippen molar-refractivity contribution in [3.63, 3.8) is 0 Å². The quantitative estimate of drug-likeness (QED) is 0.708. The summed E-state index contributed by atoms with van der Waals surface area (Å²) >= 11 is 0. The second-order valence-electron chi connectivity index (χ2n) is 7.26. The molecule has 2 aromatic heterocycles. The number of benzene rings is 1. The number of ether oxygens (including phenoxy) is 1. The number of nitrogens with one attached hydrogen (secondary N) is 1. The number of piperidine rings is 1. The van der Waals surface area contributed by atoms with Crippen LogP contribution in [0.4, 0.5) is 0 Å². The lowest BCUT2D eigenvalue weighted by molar-refractivity contribution is 0.0666. The van der Waals surface area contributed by atoms with Crippen LogP contribution in [-0.2, 0) is 17.8 Å². The summed E-state index contributed by atoms with van der Waals surface area (Å²) < 4.78 is 10.7. The number of H-pyrrole nitrogens is 1. The largest absolute Gasteiger partial charge is 0.453 e. The lowest BCUT2D eigenvalue weighted by Gasteiger charge is -2.32. The highest BCUT2D eigenvalue weighted by Crippen LogP contribution is 2.30. The van der Waals surface area contributed by atoms with Gasteiger partial charge in [0.15, 0.2) is 5.76 Å². The van der Waals surface area contributed by atoms with Gasteiger partial charge in [-0.1, -0.05) is 30.3 Å². The van der Waals surface area contributed by atoms with Crippen LogP contribution >= 0.6 is 0 Å². The Morgan fingerprint density at radius 2 is 2.14 bits per heavy atom. The van der Waals surface area contributed by atoms with Gasteiger partial charge in [-0.15, -0.1) is 0 Å². The van der Waals surface area contributed by atoms with Crippen LogP contribution in [-0.4, -0.2) is 41.2 Å². The Morgan fingerprint density at radius 1 is 1.29 bits per heavy atom. The number of methoxy groups -OCH3 is 1. The first-order valence-corrected chi connectivity index (χ1v) is 9.67. The smallest absolute Gasteiger partial charge is 0.289 e. The van der Waals surface area contributed by atoms with E-state index in [0.29, 0.717) is 24.7 Å². The average molecular weight is 379 g/mol. The Kier molecular flexibility index (Phi) is 5.58. The molecule has 3 aromatic rings. The van der Waals surface area contributed by atoms with Gasteiger partial charge in [-0.2, -0.15) is 5.10 Å². The van der Waals surface area contributed by atoms with Crippen LogP contribution in [0.2, 0.25) is 0 Å².